The number of carbonyl (C=O) groups is 1. The second-order valence-corrected chi connectivity index (χ2v) is 8.79. The van der Waals surface area contributed by atoms with Gasteiger partial charge >= 0.3 is 6.18 Å². The van der Waals surface area contributed by atoms with Crippen LogP contribution in [-0.4, -0.2) is 37.0 Å². The second-order valence-electron chi connectivity index (χ2n) is 8.79. The standard InChI is InChI=1S/C29H25F3N2O2/c30-29(31,32)24-7-4-8-25(19-24)33-15-17-34(18-16-33)28(35)23-13-11-21(12-14-23)20-36-27-10-3-6-22-5-1-2-9-26(22)27/h1-14,19H,15-18,20H2. The summed E-state index contributed by atoms with van der Waals surface area (Å²) in [6.45, 7) is 2.23. The molecule has 1 amide bonds. The van der Waals surface area contributed by atoms with Crippen LogP contribution >= 0.6 is 0 Å². The maximum Gasteiger partial charge on any atom is 0.416 e. The number of halogens is 3. The summed E-state index contributed by atoms with van der Waals surface area (Å²) in [5.74, 6) is 0.729. The van der Waals surface area contributed by atoms with Crippen molar-refractivity contribution in [1.29, 1.82) is 0 Å². The summed E-state index contributed by atoms with van der Waals surface area (Å²) in [6, 6.07) is 26.7. The van der Waals surface area contributed by atoms with E-state index < -0.39 is 11.7 Å². The van der Waals surface area contributed by atoms with Crippen molar-refractivity contribution < 1.29 is 22.7 Å². The Hall–Kier alpha value is -4.00. The predicted octanol–water partition coefficient (Wildman–Crippen LogP) is 6.40. The Bertz CT molecular complexity index is 1360. The number of ether oxygens (including phenoxy) is 1. The molecule has 1 saturated heterocycles. The molecule has 1 aliphatic heterocycles. The Morgan fingerprint density at radius 3 is 2.25 bits per heavy atom. The first-order valence-electron chi connectivity index (χ1n) is 11.8. The molecule has 4 nitrogen and oxygen atoms in total. The van der Waals surface area contributed by atoms with Gasteiger partial charge in [-0.3, -0.25) is 4.79 Å². The minimum Gasteiger partial charge on any atom is -0.488 e. The third-order valence-corrected chi connectivity index (χ3v) is 6.45. The van der Waals surface area contributed by atoms with E-state index in [-0.39, 0.29) is 5.91 Å². The molecule has 0 radical (unpaired) electrons. The summed E-state index contributed by atoms with van der Waals surface area (Å²) < 4.78 is 45.1. The number of nitrogens with zero attached hydrogens (tertiary/aromatic N) is 2. The number of carbonyl (C=O) groups excluding carboxylic acids is 1. The highest BCUT2D eigenvalue weighted by atomic mass is 19.4. The molecule has 0 bridgehead atoms. The van der Waals surface area contributed by atoms with Crippen LogP contribution in [0.3, 0.4) is 0 Å². The van der Waals surface area contributed by atoms with E-state index in [1.807, 2.05) is 59.5 Å². The molecule has 0 spiro atoms. The molecule has 0 N–H and O–H groups in total. The highest BCUT2D eigenvalue weighted by molar-refractivity contribution is 5.94. The smallest absolute Gasteiger partial charge is 0.416 e. The molecule has 1 fully saturated rings. The van der Waals surface area contributed by atoms with Gasteiger partial charge in [-0.15, -0.1) is 0 Å². The van der Waals surface area contributed by atoms with E-state index in [4.69, 9.17) is 4.74 Å². The van der Waals surface area contributed by atoms with Crippen LogP contribution in [0.25, 0.3) is 10.8 Å². The van der Waals surface area contributed by atoms with Gasteiger partial charge < -0.3 is 14.5 Å². The van der Waals surface area contributed by atoms with E-state index in [0.29, 0.717) is 44.0 Å². The molecule has 7 heteroatoms. The summed E-state index contributed by atoms with van der Waals surface area (Å²) >= 11 is 0. The van der Waals surface area contributed by atoms with Crippen LogP contribution < -0.4 is 9.64 Å². The SMILES string of the molecule is O=C(c1ccc(COc2cccc3ccccc23)cc1)N1CCN(c2cccc(C(F)(F)F)c2)CC1. The number of alkyl halides is 3. The summed E-state index contributed by atoms with van der Waals surface area (Å²) in [5, 5.41) is 2.17. The van der Waals surface area contributed by atoms with Gasteiger partial charge in [0.15, 0.2) is 0 Å². The van der Waals surface area contributed by atoms with Gasteiger partial charge in [-0.2, -0.15) is 13.2 Å². The van der Waals surface area contributed by atoms with E-state index in [1.54, 1.807) is 23.1 Å². The zero-order valence-electron chi connectivity index (χ0n) is 19.5. The quantitative estimate of drug-likeness (QED) is 0.325. The van der Waals surface area contributed by atoms with Gasteiger partial charge in [0.2, 0.25) is 0 Å². The van der Waals surface area contributed by atoms with Gasteiger partial charge in [0.05, 0.1) is 5.56 Å². The van der Waals surface area contributed by atoms with Gasteiger partial charge in [0.25, 0.3) is 5.91 Å². The average molecular weight is 491 g/mol. The van der Waals surface area contributed by atoms with E-state index in [2.05, 4.69) is 0 Å². The van der Waals surface area contributed by atoms with E-state index in [0.717, 1.165) is 34.2 Å². The van der Waals surface area contributed by atoms with Crippen LogP contribution in [0, 0.1) is 0 Å². The molecule has 1 aliphatic rings. The van der Waals surface area contributed by atoms with Gasteiger partial charge in [-0.1, -0.05) is 54.6 Å². The number of amides is 1. The molecular formula is C29H25F3N2O2. The minimum atomic E-state index is -4.38. The zero-order valence-corrected chi connectivity index (χ0v) is 19.5. The first-order valence-corrected chi connectivity index (χ1v) is 11.8. The van der Waals surface area contributed by atoms with Crippen LogP contribution in [0.2, 0.25) is 0 Å². The number of piperazine rings is 1. The zero-order chi connectivity index (χ0) is 25.1. The molecule has 4 aromatic carbocycles. The normalized spacial score (nSPS) is 14.2. The lowest BCUT2D eigenvalue weighted by molar-refractivity contribution is -0.137. The lowest BCUT2D eigenvalue weighted by Gasteiger charge is -2.36. The van der Waals surface area contributed by atoms with Crippen molar-refractivity contribution in [3.8, 4) is 5.75 Å². The van der Waals surface area contributed by atoms with Crippen molar-refractivity contribution in [2.45, 2.75) is 12.8 Å². The summed E-state index contributed by atoms with van der Waals surface area (Å²) in [5.41, 5.74) is 1.39. The molecular weight excluding hydrogens is 465 g/mol. The highest BCUT2D eigenvalue weighted by Gasteiger charge is 2.31. The Morgan fingerprint density at radius 1 is 0.806 bits per heavy atom. The highest BCUT2D eigenvalue weighted by Crippen LogP contribution is 2.32. The van der Waals surface area contributed by atoms with Crippen molar-refractivity contribution >= 4 is 22.4 Å². The molecule has 1 heterocycles. The summed E-state index contributed by atoms with van der Waals surface area (Å²) in [6.07, 6.45) is -4.38. The number of fused-ring (bicyclic) bond motifs is 1. The molecule has 0 unspecified atom stereocenters. The van der Waals surface area contributed by atoms with Crippen molar-refractivity contribution in [3.63, 3.8) is 0 Å². The largest absolute Gasteiger partial charge is 0.488 e. The maximum absolute atomic E-state index is 13.0. The summed E-state index contributed by atoms with van der Waals surface area (Å²) in [4.78, 5) is 16.6. The molecule has 0 saturated carbocycles. The number of hydrogen-bond donors (Lipinski definition) is 0. The first-order chi connectivity index (χ1) is 17.4. The van der Waals surface area contributed by atoms with Crippen molar-refractivity contribution in [2.24, 2.45) is 0 Å². The fraction of sp³-hybridized carbons (Fsp3) is 0.207. The lowest BCUT2D eigenvalue weighted by atomic mass is 10.1. The molecule has 4 aromatic rings. The van der Waals surface area contributed by atoms with E-state index >= 15 is 0 Å². The minimum absolute atomic E-state index is 0.0831. The second kappa shape index (κ2) is 9.93. The van der Waals surface area contributed by atoms with Gasteiger partial charge in [-0.05, 0) is 47.3 Å². The molecule has 184 valence electrons. The van der Waals surface area contributed by atoms with Crippen LogP contribution in [-0.2, 0) is 12.8 Å². The number of anilines is 1. The van der Waals surface area contributed by atoms with Crippen LogP contribution in [0.1, 0.15) is 21.5 Å². The van der Waals surface area contributed by atoms with Crippen LogP contribution in [0.5, 0.6) is 5.75 Å². The van der Waals surface area contributed by atoms with E-state index in [9.17, 15) is 18.0 Å². The lowest BCUT2D eigenvalue weighted by Crippen LogP contribution is -2.48. The van der Waals surface area contributed by atoms with Crippen molar-refractivity contribution in [3.05, 3.63) is 108 Å². The third kappa shape index (κ3) is 5.15. The maximum atomic E-state index is 13.0. The number of benzene rings is 4. The molecule has 0 aliphatic carbocycles. The van der Waals surface area contributed by atoms with Crippen LogP contribution in [0.4, 0.5) is 18.9 Å². The number of rotatable bonds is 5. The topological polar surface area (TPSA) is 32.8 Å². The monoisotopic (exact) mass is 490 g/mol. The number of hydrogen-bond acceptors (Lipinski definition) is 3. The Labute approximate surface area is 207 Å². The van der Waals surface area contributed by atoms with Crippen LogP contribution in [0.15, 0.2) is 91.0 Å². The van der Waals surface area contributed by atoms with Crippen molar-refractivity contribution in [2.75, 3.05) is 31.1 Å². The van der Waals surface area contributed by atoms with Gasteiger partial charge in [-0.25, -0.2) is 0 Å². The molecule has 0 aromatic heterocycles. The summed E-state index contributed by atoms with van der Waals surface area (Å²) in [7, 11) is 0. The Morgan fingerprint density at radius 2 is 1.50 bits per heavy atom. The molecule has 0 atom stereocenters. The molecule has 36 heavy (non-hydrogen) atoms. The fourth-order valence-corrected chi connectivity index (χ4v) is 4.46. The van der Waals surface area contributed by atoms with Gasteiger partial charge in [0.1, 0.15) is 12.4 Å². The third-order valence-electron chi connectivity index (χ3n) is 6.45. The predicted molar refractivity (Wildman–Crippen MR) is 134 cm³/mol. The Kier molecular flexibility index (Phi) is 6.55. The fourth-order valence-electron chi connectivity index (χ4n) is 4.46. The first kappa shape index (κ1) is 23.7. The average Bonchev–Trinajstić information content (AvgIpc) is 2.91. The van der Waals surface area contributed by atoms with E-state index in [1.165, 1.54) is 6.07 Å². The van der Waals surface area contributed by atoms with Crippen molar-refractivity contribution in [1.82, 2.24) is 4.90 Å². The molecule has 5 rings (SSSR count). The van der Waals surface area contributed by atoms with Gasteiger partial charge in [0, 0.05) is 42.8 Å². The Balaban J connectivity index is 1.18.